The molecule has 1 aliphatic carbocycles. The lowest BCUT2D eigenvalue weighted by atomic mass is 9.67. The predicted molar refractivity (Wildman–Crippen MR) is 81.8 cm³/mol. The van der Waals surface area contributed by atoms with Crippen molar-refractivity contribution >= 4 is 12.6 Å². The summed E-state index contributed by atoms with van der Waals surface area (Å²) in [4.78, 5) is 2.58. The van der Waals surface area contributed by atoms with Crippen LogP contribution in [0.5, 0.6) is 0 Å². The minimum atomic E-state index is 0.499. The van der Waals surface area contributed by atoms with Gasteiger partial charge < -0.3 is 5.73 Å². The van der Waals surface area contributed by atoms with Crippen LogP contribution in [0, 0.1) is 5.41 Å². The smallest absolute Gasteiger partial charge is 0.00532 e. The average molecular weight is 260 g/mol. The van der Waals surface area contributed by atoms with E-state index in [9.17, 15) is 0 Å². The maximum Gasteiger partial charge on any atom is 0.00532 e. The molecule has 3 heteroatoms. The molecule has 2 rings (SSSR count). The van der Waals surface area contributed by atoms with E-state index in [0.29, 0.717) is 11.5 Å². The third-order valence-electron chi connectivity index (χ3n) is 3.90. The summed E-state index contributed by atoms with van der Waals surface area (Å²) in [6, 6.07) is 1.24. The molecule has 2 fully saturated rings. The second-order valence-corrected chi connectivity index (χ2v) is 5.34. The lowest BCUT2D eigenvalue weighted by Gasteiger charge is -2.55. The molecule has 0 radical (unpaired) electrons. The van der Waals surface area contributed by atoms with Gasteiger partial charge in [0.25, 0.3) is 0 Å². The molecule has 104 valence electrons. The molecule has 1 saturated carbocycles. The van der Waals surface area contributed by atoms with Crippen LogP contribution in [0.4, 0.5) is 0 Å². The van der Waals surface area contributed by atoms with Gasteiger partial charge in [0.05, 0.1) is 0 Å². The molecule has 0 aromatic heterocycles. The Bertz CT molecular complexity index is 179. The van der Waals surface area contributed by atoms with E-state index in [1.807, 2.05) is 13.8 Å². The van der Waals surface area contributed by atoms with Crippen molar-refractivity contribution in [1.29, 1.82) is 0 Å². The minimum absolute atomic E-state index is 0.499. The Morgan fingerprint density at radius 3 is 1.88 bits per heavy atom. The van der Waals surface area contributed by atoms with Crippen LogP contribution in [0.1, 0.15) is 53.4 Å². The molecule has 1 aliphatic heterocycles. The predicted octanol–water partition coefficient (Wildman–Crippen LogP) is 3.17. The van der Waals surface area contributed by atoms with E-state index in [2.05, 4.69) is 31.4 Å². The number of rotatable bonds is 1. The Morgan fingerprint density at radius 2 is 1.53 bits per heavy atom. The van der Waals surface area contributed by atoms with Crippen LogP contribution < -0.4 is 5.73 Å². The summed E-state index contributed by atoms with van der Waals surface area (Å²) >= 11 is 3.53. The van der Waals surface area contributed by atoms with Gasteiger partial charge in [0, 0.05) is 25.2 Å². The Hall–Kier alpha value is 0.270. The second kappa shape index (κ2) is 8.39. The third kappa shape index (κ3) is 4.80. The summed E-state index contributed by atoms with van der Waals surface area (Å²) in [5.74, 6) is 0. The molecule has 2 N–H and O–H groups in total. The van der Waals surface area contributed by atoms with Crippen LogP contribution in [0.25, 0.3) is 0 Å². The van der Waals surface area contributed by atoms with Crippen molar-refractivity contribution in [3.05, 3.63) is 0 Å². The van der Waals surface area contributed by atoms with Gasteiger partial charge >= 0.3 is 0 Å². The lowest BCUT2D eigenvalue weighted by Crippen LogP contribution is -2.60. The van der Waals surface area contributed by atoms with Gasteiger partial charge in [-0.3, -0.25) is 4.90 Å². The highest BCUT2D eigenvalue weighted by molar-refractivity contribution is 7.79. The third-order valence-corrected chi connectivity index (χ3v) is 3.90. The van der Waals surface area contributed by atoms with E-state index < -0.39 is 0 Å². The fourth-order valence-electron chi connectivity index (χ4n) is 2.75. The molecule has 2 aliphatic rings. The van der Waals surface area contributed by atoms with E-state index >= 15 is 0 Å². The van der Waals surface area contributed by atoms with Gasteiger partial charge in [0.2, 0.25) is 0 Å². The summed E-state index contributed by atoms with van der Waals surface area (Å²) in [7, 11) is 0. The Morgan fingerprint density at radius 1 is 1.12 bits per heavy atom. The SMILES string of the molecule is CC.CC(C)N1CC2(CCC(N)CC2)C1.CS. The number of hydrogen-bond donors (Lipinski definition) is 2. The number of nitrogens with zero attached hydrogens (tertiary/aromatic N) is 1. The molecule has 0 atom stereocenters. The van der Waals surface area contributed by atoms with Gasteiger partial charge in [-0.1, -0.05) is 13.8 Å². The number of likely N-dealkylation sites (tertiary alicyclic amines) is 1. The van der Waals surface area contributed by atoms with Crippen molar-refractivity contribution in [2.45, 2.75) is 65.5 Å². The Balaban J connectivity index is 0.000000581. The first kappa shape index (κ1) is 17.3. The highest BCUT2D eigenvalue weighted by atomic mass is 32.1. The second-order valence-electron chi connectivity index (χ2n) is 5.34. The molecule has 0 unspecified atom stereocenters. The van der Waals surface area contributed by atoms with Gasteiger partial charge in [0.1, 0.15) is 0 Å². The van der Waals surface area contributed by atoms with Crippen molar-refractivity contribution in [3.8, 4) is 0 Å². The number of hydrogen-bond acceptors (Lipinski definition) is 3. The maximum atomic E-state index is 5.92. The quantitative estimate of drug-likeness (QED) is 0.709. The standard InChI is InChI=1S/C11H22N2.C2H6.CH4S/c1-9(2)13-7-11(8-13)5-3-10(12)4-6-11;2*1-2/h9-10H,3-8,12H2,1-2H3;1-2H3;2H,1H3. The molecule has 1 saturated heterocycles. The lowest BCUT2D eigenvalue weighted by molar-refractivity contribution is -0.0491. The first-order valence-corrected chi connectivity index (χ1v) is 7.95. The summed E-state index contributed by atoms with van der Waals surface area (Å²) in [6.45, 7) is 11.2. The normalized spacial score (nSPS) is 23.3. The van der Waals surface area contributed by atoms with Crippen molar-refractivity contribution in [2.24, 2.45) is 11.1 Å². The van der Waals surface area contributed by atoms with Crippen LogP contribution in [-0.2, 0) is 0 Å². The minimum Gasteiger partial charge on any atom is -0.328 e. The first-order valence-electron chi connectivity index (χ1n) is 7.06. The molecule has 1 heterocycles. The zero-order valence-corrected chi connectivity index (χ0v) is 13.3. The highest BCUT2D eigenvalue weighted by Crippen LogP contribution is 2.44. The van der Waals surface area contributed by atoms with E-state index in [1.54, 1.807) is 6.26 Å². The van der Waals surface area contributed by atoms with Gasteiger partial charge in [-0.05, 0) is 51.2 Å². The molecular formula is C14H32N2S. The topological polar surface area (TPSA) is 29.3 Å². The van der Waals surface area contributed by atoms with Gasteiger partial charge in [0.15, 0.2) is 0 Å². The zero-order chi connectivity index (χ0) is 13.5. The summed E-state index contributed by atoms with van der Waals surface area (Å²) in [6.07, 6.45) is 6.95. The first-order chi connectivity index (χ1) is 8.11. The molecule has 0 aromatic carbocycles. The van der Waals surface area contributed by atoms with Crippen LogP contribution in [0.15, 0.2) is 0 Å². The number of nitrogens with two attached hydrogens (primary N) is 1. The van der Waals surface area contributed by atoms with Crippen LogP contribution in [-0.4, -0.2) is 36.3 Å². The zero-order valence-electron chi connectivity index (χ0n) is 12.4. The molecule has 17 heavy (non-hydrogen) atoms. The molecule has 0 amide bonds. The highest BCUT2D eigenvalue weighted by Gasteiger charge is 2.44. The van der Waals surface area contributed by atoms with Crippen molar-refractivity contribution in [2.75, 3.05) is 19.3 Å². The van der Waals surface area contributed by atoms with Crippen LogP contribution in [0.3, 0.4) is 0 Å². The monoisotopic (exact) mass is 260 g/mol. The summed E-state index contributed by atoms with van der Waals surface area (Å²) in [5, 5.41) is 0. The van der Waals surface area contributed by atoms with Crippen LogP contribution in [0.2, 0.25) is 0 Å². The maximum absolute atomic E-state index is 5.92. The van der Waals surface area contributed by atoms with Crippen LogP contribution >= 0.6 is 12.6 Å². The van der Waals surface area contributed by atoms with Crippen molar-refractivity contribution in [3.63, 3.8) is 0 Å². The fraction of sp³-hybridized carbons (Fsp3) is 1.00. The van der Waals surface area contributed by atoms with E-state index in [1.165, 1.54) is 38.8 Å². The van der Waals surface area contributed by atoms with Gasteiger partial charge in [-0.25, -0.2) is 0 Å². The molecule has 1 spiro atoms. The van der Waals surface area contributed by atoms with Gasteiger partial charge in [-0.15, -0.1) is 0 Å². The Kier molecular flexibility index (Phi) is 8.52. The fourth-order valence-corrected chi connectivity index (χ4v) is 2.75. The molecule has 0 aromatic rings. The molecular weight excluding hydrogens is 228 g/mol. The van der Waals surface area contributed by atoms with Gasteiger partial charge in [-0.2, -0.15) is 12.6 Å². The average Bonchev–Trinajstić information content (AvgIpc) is 2.32. The van der Waals surface area contributed by atoms with Crippen molar-refractivity contribution in [1.82, 2.24) is 4.90 Å². The molecule has 0 bridgehead atoms. The van der Waals surface area contributed by atoms with E-state index in [4.69, 9.17) is 5.73 Å². The summed E-state index contributed by atoms with van der Waals surface area (Å²) < 4.78 is 0. The molecule has 2 nitrogen and oxygen atoms in total. The largest absolute Gasteiger partial charge is 0.328 e. The van der Waals surface area contributed by atoms with E-state index in [-0.39, 0.29) is 0 Å². The number of thiol groups is 1. The van der Waals surface area contributed by atoms with Crippen molar-refractivity contribution < 1.29 is 0 Å². The summed E-state index contributed by atoms with van der Waals surface area (Å²) in [5.41, 5.74) is 6.60. The Labute approximate surface area is 114 Å². The van der Waals surface area contributed by atoms with E-state index in [0.717, 1.165) is 6.04 Å².